The van der Waals surface area contributed by atoms with E-state index in [0.717, 1.165) is 5.56 Å². The van der Waals surface area contributed by atoms with Crippen LogP contribution in [0.2, 0.25) is 0 Å². The Bertz CT molecular complexity index is 339. The van der Waals surface area contributed by atoms with Crippen LogP contribution in [0.1, 0.15) is 26.3 Å². The number of halogens is 1. The molecule has 0 fully saturated rings. The summed E-state index contributed by atoms with van der Waals surface area (Å²) < 4.78 is 16.3. The van der Waals surface area contributed by atoms with E-state index in [4.69, 9.17) is 0 Å². The van der Waals surface area contributed by atoms with Gasteiger partial charge in [-0.2, -0.15) is 0 Å². The van der Waals surface area contributed by atoms with Crippen LogP contribution in [0, 0.1) is 0 Å². The first-order valence-electron chi connectivity index (χ1n) is 4.37. The normalized spacial score (nSPS) is 11.1. The molecule has 76 valence electrons. The highest BCUT2D eigenvalue weighted by Gasteiger charge is 2.14. The van der Waals surface area contributed by atoms with Crippen molar-refractivity contribution < 1.29 is 13.9 Å². The third kappa shape index (κ3) is 2.83. The van der Waals surface area contributed by atoms with Gasteiger partial charge in [-0.1, -0.05) is 32.9 Å². The minimum Gasteiger partial charge on any atom is -0.401 e. The van der Waals surface area contributed by atoms with Gasteiger partial charge in [0.1, 0.15) is 5.75 Å². The van der Waals surface area contributed by atoms with E-state index in [9.17, 15) is 9.18 Å². The number of ether oxygens (including phenoxy) is 1. The highest BCUT2D eigenvalue weighted by Crippen LogP contribution is 2.25. The zero-order valence-electron chi connectivity index (χ0n) is 8.50. The first kappa shape index (κ1) is 10.7. The SMILES string of the molecule is CC(C)(C)c1cccc(OC(=O)F)c1. The number of benzene rings is 1. The monoisotopic (exact) mass is 196 g/mol. The maximum Gasteiger partial charge on any atom is 0.500 e. The molecule has 0 saturated carbocycles. The lowest BCUT2D eigenvalue weighted by molar-refractivity contribution is 0.175. The molecule has 2 nitrogen and oxygen atoms in total. The molecule has 0 N–H and O–H groups in total. The highest BCUT2D eigenvalue weighted by atomic mass is 19.1. The predicted molar refractivity (Wildman–Crippen MR) is 52.3 cm³/mol. The molecule has 0 spiro atoms. The Morgan fingerprint density at radius 3 is 2.50 bits per heavy atom. The van der Waals surface area contributed by atoms with Crippen molar-refractivity contribution in [2.24, 2.45) is 0 Å². The average molecular weight is 196 g/mol. The highest BCUT2D eigenvalue weighted by molar-refractivity contribution is 5.62. The third-order valence-electron chi connectivity index (χ3n) is 1.90. The molecule has 0 aromatic heterocycles. The van der Waals surface area contributed by atoms with Gasteiger partial charge >= 0.3 is 6.22 Å². The van der Waals surface area contributed by atoms with Gasteiger partial charge in [0, 0.05) is 0 Å². The van der Waals surface area contributed by atoms with Crippen molar-refractivity contribution in [3.05, 3.63) is 29.8 Å². The second-order valence-electron chi connectivity index (χ2n) is 4.12. The predicted octanol–water partition coefficient (Wildman–Crippen LogP) is 3.45. The first-order valence-corrected chi connectivity index (χ1v) is 4.37. The largest absolute Gasteiger partial charge is 0.500 e. The summed E-state index contributed by atoms with van der Waals surface area (Å²) in [6, 6.07) is 6.86. The van der Waals surface area contributed by atoms with Crippen LogP contribution in [0.25, 0.3) is 0 Å². The van der Waals surface area contributed by atoms with Crippen molar-refractivity contribution in [3.63, 3.8) is 0 Å². The molecule has 0 amide bonds. The molecule has 0 unspecified atom stereocenters. The van der Waals surface area contributed by atoms with Gasteiger partial charge in [-0.05, 0) is 23.1 Å². The van der Waals surface area contributed by atoms with Crippen molar-refractivity contribution in [2.45, 2.75) is 26.2 Å². The van der Waals surface area contributed by atoms with Crippen molar-refractivity contribution in [3.8, 4) is 5.75 Å². The van der Waals surface area contributed by atoms with Crippen molar-refractivity contribution in [1.29, 1.82) is 0 Å². The van der Waals surface area contributed by atoms with Crippen LogP contribution in [0.15, 0.2) is 24.3 Å². The fourth-order valence-electron chi connectivity index (χ4n) is 1.12. The zero-order chi connectivity index (χ0) is 10.8. The zero-order valence-corrected chi connectivity index (χ0v) is 8.50. The molecule has 1 aromatic carbocycles. The van der Waals surface area contributed by atoms with Gasteiger partial charge in [-0.25, -0.2) is 4.79 Å². The first-order chi connectivity index (χ1) is 6.39. The van der Waals surface area contributed by atoms with Crippen LogP contribution in [-0.4, -0.2) is 6.22 Å². The van der Waals surface area contributed by atoms with Crippen LogP contribution >= 0.6 is 0 Å². The van der Waals surface area contributed by atoms with Crippen LogP contribution in [0.3, 0.4) is 0 Å². The number of hydrogen-bond acceptors (Lipinski definition) is 2. The summed E-state index contributed by atoms with van der Waals surface area (Å²) in [5.74, 6) is 0.241. The van der Waals surface area contributed by atoms with Gasteiger partial charge in [0.2, 0.25) is 0 Å². The lowest BCUT2D eigenvalue weighted by atomic mass is 9.87. The van der Waals surface area contributed by atoms with E-state index in [1.165, 1.54) is 0 Å². The third-order valence-corrected chi connectivity index (χ3v) is 1.90. The lowest BCUT2D eigenvalue weighted by Crippen LogP contribution is -2.11. The Balaban J connectivity index is 2.95. The topological polar surface area (TPSA) is 26.3 Å². The molecule has 3 heteroatoms. The number of carbonyl (C=O) groups excluding carboxylic acids is 1. The average Bonchev–Trinajstić information content (AvgIpc) is 2.01. The molecule has 0 aliphatic carbocycles. The number of carbonyl (C=O) groups is 1. The van der Waals surface area contributed by atoms with E-state index < -0.39 is 6.22 Å². The van der Waals surface area contributed by atoms with Crippen molar-refractivity contribution in [2.75, 3.05) is 0 Å². The Kier molecular flexibility index (Phi) is 2.89. The smallest absolute Gasteiger partial charge is 0.401 e. The molecular formula is C11H13FO2. The van der Waals surface area contributed by atoms with E-state index in [1.54, 1.807) is 18.2 Å². The molecule has 0 aliphatic rings. The van der Waals surface area contributed by atoms with Gasteiger partial charge in [-0.3, -0.25) is 0 Å². The number of hydrogen-bond donors (Lipinski definition) is 0. The summed E-state index contributed by atoms with van der Waals surface area (Å²) in [7, 11) is 0. The van der Waals surface area contributed by atoms with Gasteiger partial charge in [0.15, 0.2) is 0 Å². The fraction of sp³-hybridized carbons (Fsp3) is 0.364. The molecule has 1 aromatic rings. The van der Waals surface area contributed by atoms with Gasteiger partial charge in [0.05, 0.1) is 0 Å². The molecule has 0 atom stereocenters. The van der Waals surface area contributed by atoms with E-state index in [2.05, 4.69) is 4.74 Å². The Labute approximate surface area is 82.7 Å². The Hall–Kier alpha value is -1.38. The molecule has 14 heavy (non-hydrogen) atoms. The summed E-state index contributed by atoms with van der Waals surface area (Å²) in [5, 5.41) is 0. The molecule has 0 aliphatic heterocycles. The maximum absolute atomic E-state index is 12.0. The van der Waals surface area contributed by atoms with Crippen LogP contribution in [0.5, 0.6) is 5.75 Å². The molecule has 0 bridgehead atoms. The Morgan fingerprint density at radius 1 is 1.36 bits per heavy atom. The summed E-state index contributed by atoms with van der Waals surface area (Å²) in [6.07, 6.45) is -1.78. The van der Waals surface area contributed by atoms with E-state index >= 15 is 0 Å². The van der Waals surface area contributed by atoms with E-state index in [-0.39, 0.29) is 11.2 Å². The summed E-state index contributed by atoms with van der Waals surface area (Å²) in [4.78, 5) is 10.1. The number of rotatable bonds is 1. The summed E-state index contributed by atoms with van der Waals surface area (Å²) in [5.41, 5.74) is 0.954. The summed E-state index contributed by atoms with van der Waals surface area (Å²) >= 11 is 0. The minimum atomic E-state index is -1.78. The second-order valence-corrected chi connectivity index (χ2v) is 4.12. The van der Waals surface area contributed by atoms with Crippen molar-refractivity contribution in [1.82, 2.24) is 0 Å². The standard InChI is InChI=1S/C11H13FO2/c1-11(2,3)8-5-4-6-9(7-8)14-10(12)13/h4-7H,1-3H3. The van der Waals surface area contributed by atoms with E-state index in [1.807, 2.05) is 26.8 Å². The summed E-state index contributed by atoms with van der Waals surface area (Å²) in [6.45, 7) is 6.09. The van der Waals surface area contributed by atoms with E-state index in [0.29, 0.717) is 0 Å². The second kappa shape index (κ2) is 3.78. The molecular weight excluding hydrogens is 183 g/mol. The quantitative estimate of drug-likeness (QED) is 0.643. The van der Waals surface area contributed by atoms with Gasteiger partial charge in [0.25, 0.3) is 0 Å². The fourth-order valence-corrected chi connectivity index (χ4v) is 1.12. The van der Waals surface area contributed by atoms with Crippen molar-refractivity contribution >= 4 is 6.22 Å². The van der Waals surface area contributed by atoms with Crippen LogP contribution in [-0.2, 0) is 5.41 Å². The Morgan fingerprint density at radius 2 is 2.00 bits per heavy atom. The maximum atomic E-state index is 12.0. The van der Waals surface area contributed by atoms with Gasteiger partial charge < -0.3 is 4.74 Å². The molecule has 0 saturated heterocycles. The molecule has 1 rings (SSSR count). The molecule has 0 radical (unpaired) electrons. The lowest BCUT2D eigenvalue weighted by Gasteiger charge is -2.19. The minimum absolute atomic E-state index is 0.0429. The molecule has 0 heterocycles. The van der Waals surface area contributed by atoms with Crippen LogP contribution < -0.4 is 4.74 Å². The van der Waals surface area contributed by atoms with Gasteiger partial charge in [-0.15, -0.1) is 4.39 Å². The van der Waals surface area contributed by atoms with Crippen LogP contribution in [0.4, 0.5) is 9.18 Å².